The van der Waals surface area contributed by atoms with Crippen molar-refractivity contribution in [2.45, 2.75) is 43.0 Å². The molecule has 1 saturated heterocycles. The number of rotatable bonds is 3. The average molecular weight is 281 g/mol. The highest BCUT2D eigenvalue weighted by Crippen LogP contribution is 2.26. The van der Waals surface area contributed by atoms with Crippen LogP contribution in [0.4, 0.5) is 0 Å². The molecule has 0 aromatic carbocycles. The van der Waals surface area contributed by atoms with Gasteiger partial charge in [0.25, 0.3) is 0 Å². The second-order valence-corrected chi connectivity index (χ2v) is 9.67. The zero-order valence-corrected chi connectivity index (χ0v) is 11.6. The zero-order chi connectivity index (χ0) is 12.7. The lowest BCUT2D eigenvalue weighted by Crippen LogP contribution is -2.45. The third-order valence-electron chi connectivity index (χ3n) is 3.68. The number of nitrogens with one attached hydrogen (secondary N) is 1. The van der Waals surface area contributed by atoms with Crippen molar-refractivity contribution >= 4 is 19.7 Å². The maximum absolute atomic E-state index is 11.6. The van der Waals surface area contributed by atoms with Crippen molar-refractivity contribution in [2.75, 3.05) is 17.8 Å². The standard InChI is InChI=1S/C10H19NO4S2/c1-16(12,13)10-4-2-3-9(10)11-8-5-6-17(14,15)7-8/h8-11H,2-7H2,1H3. The Morgan fingerprint density at radius 3 is 2.41 bits per heavy atom. The summed E-state index contributed by atoms with van der Waals surface area (Å²) in [6.07, 6.45) is 4.29. The van der Waals surface area contributed by atoms with Crippen LogP contribution in [0.3, 0.4) is 0 Å². The predicted molar refractivity (Wildman–Crippen MR) is 66.5 cm³/mol. The first kappa shape index (κ1) is 13.3. The fourth-order valence-corrected chi connectivity index (χ4v) is 5.95. The molecule has 7 heteroatoms. The van der Waals surface area contributed by atoms with E-state index in [2.05, 4.69) is 5.32 Å². The molecule has 1 aliphatic heterocycles. The van der Waals surface area contributed by atoms with E-state index in [9.17, 15) is 16.8 Å². The predicted octanol–water partition coefficient (Wildman–Crippen LogP) is -0.271. The van der Waals surface area contributed by atoms with Gasteiger partial charge in [0.2, 0.25) is 0 Å². The van der Waals surface area contributed by atoms with Gasteiger partial charge >= 0.3 is 0 Å². The van der Waals surface area contributed by atoms with Gasteiger partial charge in [0, 0.05) is 18.3 Å². The van der Waals surface area contributed by atoms with Gasteiger partial charge in [-0.25, -0.2) is 16.8 Å². The second kappa shape index (κ2) is 4.51. The number of hydrogen-bond donors (Lipinski definition) is 1. The van der Waals surface area contributed by atoms with Crippen LogP contribution in [-0.4, -0.2) is 51.9 Å². The Balaban J connectivity index is 2.00. The Morgan fingerprint density at radius 1 is 1.18 bits per heavy atom. The fraction of sp³-hybridized carbons (Fsp3) is 1.00. The molecule has 17 heavy (non-hydrogen) atoms. The van der Waals surface area contributed by atoms with E-state index in [1.54, 1.807) is 0 Å². The molecular formula is C10H19NO4S2. The smallest absolute Gasteiger partial charge is 0.151 e. The van der Waals surface area contributed by atoms with Crippen LogP contribution >= 0.6 is 0 Å². The van der Waals surface area contributed by atoms with Crippen molar-refractivity contribution in [3.05, 3.63) is 0 Å². The molecule has 2 fully saturated rings. The highest BCUT2D eigenvalue weighted by Gasteiger charge is 2.38. The molecule has 1 heterocycles. The summed E-state index contributed by atoms with van der Waals surface area (Å²) in [5.74, 6) is 0.376. The van der Waals surface area contributed by atoms with Crippen molar-refractivity contribution in [2.24, 2.45) is 0 Å². The van der Waals surface area contributed by atoms with Gasteiger partial charge in [0.15, 0.2) is 19.7 Å². The van der Waals surface area contributed by atoms with Crippen LogP contribution < -0.4 is 5.32 Å². The van der Waals surface area contributed by atoms with Gasteiger partial charge in [0.1, 0.15) is 0 Å². The van der Waals surface area contributed by atoms with E-state index in [4.69, 9.17) is 0 Å². The lowest BCUT2D eigenvalue weighted by atomic mass is 10.2. The van der Waals surface area contributed by atoms with Crippen LogP contribution in [0.5, 0.6) is 0 Å². The summed E-state index contributed by atoms with van der Waals surface area (Å²) >= 11 is 0. The summed E-state index contributed by atoms with van der Waals surface area (Å²) < 4.78 is 45.8. The highest BCUT2D eigenvalue weighted by atomic mass is 32.2. The first-order chi connectivity index (χ1) is 7.78. The van der Waals surface area contributed by atoms with Gasteiger partial charge in [-0.05, 0) is 19.3 Å². The van der Waals surface area contributed by atoms with Gasteiger partial charge in [-0.2, -0.15) is 0 Å². The molecule has 0 spiro atoms. The summed E-state index contributed by atoms with van der Waals surface area (Å²) in [6.45, 7) is 0. The molecule has 0 aromatic heterocycles. The second-order valence-electron chi connectivity index (χ2n) is 5.17. The molecule has 1 N–H and O–H groups in total. The lowest BCUT2D eigenvalue weighted by Gasteiger charge is -2.22. The monoisotopic (exact) mass is 281 g/mol. The largest absolute Gasteiger partial charge is 0.309 e. The molecule has 2 rings (SSSR count). The Kier molecular flexibility index (Phi) is 3.53. The van der Waals surface area contributed by atoms with E-state index < -0.39 is 19.7 Å². The van der Waals surface area contributed by atoms with Crippen LogP contribution in [0.15, 0.2) is 0 Å². The maximum atomic E-state index is 11.6. The van der Waals surface area contributed by atoms with Crippen LogP contribution in [0.2, 0.25) is 0 Å². The lowest BCUT2D eigenvalue weighted by molar-refractivity contribution is 0.450. The molecule has 3 atom stereocenters. The molecule has 0 bridgehead atoms. The molecular weight excluding hydrogens is 262 g/mol. The van der Waals surface area contributed by atoms with E-state index in [0.717, 1.165) is 12.8 Å². The molecule has 1 aliphatic carbocycles. The highest BCUT2D eigenvalue weighted by molar-refractivity contribution is 7.91. The van der Waals surface area contributed by atoms with Crippen molar-refractivity contribution < 1.29 is 16.8 Å². The molecule has 2 aliphatic rings. The molecule has 0 amide bonds. The first-order valence-electron chi connectivity index (χ1n) is 5.93. The van der Waals surface area contributed by atoms with E-state index in [-0.39, 0.29) is 28.8 Å². The Hall–Kier alpha value is -0.140. The molecule has 1 saturated carbocycles. The van der Waals surface area contributed by atoms with Crippen molar-refractivity contribution in [1.29, 1.82) is 0 Å². The van der Waals surface area contributed by atoms with Gasteiger partial charge < -0.3 is 5.32 Å². The summed E-state index contributed by atoms with van der Waals surface area (Å²) in [4.78, 5) is 0. The number of hydrogen-bond acceptors (Lipinski definition) is 5. The summed E-state index contributed by atoms with van der Waals surface area (Å²) in [6, 6.07) is -0.129. The SMILES string of the molecule is CS(=O)(=O)C1CCCC1NC1CCS(=O)(=O)C1. The normalized spacial score (nSPS) is 37.4. The molecule has 100 valence electrons. The summed E-state index contributed by atoms with van der Waals surface area (Å²) in [5, 5.41) is 2.89. The van der Waals surface area contributed by atoms with E-state index in [1.165, 1.54) is 6.26 Å². The summed E-state index contributed by atoms with van der Waals surface area (Å²) in [5.41, 5.74) is 0. The molecule has 3 unspecified atom stereocenters. The average Bonchev–Trinajstić information content (AvgIpc) is 2.72. The van der Waals surface area contributed by atoms with Crippen molar-refractivity contribution in [1.82, 2.24) is 5.32 Å². The molecule has 0 aromatic rings. The molecule has 5 nitrogen and oxygen atoms in total. The van der Waals surface area contributed by atoms with E-state index in [1.807, 2.05) is 0 Å². The molecule has 0 radical (unpaired) electrons. The van der Waals surface area contributed by atoms with Crippen LogP contribution in [0.25, 0.3) is 0 Å². The third-order valence-corrected chi connectivity index (χ3v) is 7.12. The maximum Gasteiger partial charge on any atom is 0.151 e. The third kappa shape index (κ3) is 3.20. The van der Waals surface area contributed by atoms with E-state index in [0.29, 0.717) is 12.8 Å². The fourth-order valence-electron chi connectivity index (χ4n) is 2.86. The van der Waals surface area contributed by atoms with Crippen LogP contribution in [0.1, 0.15) is 25.7 Å². The van der Waals surface area contributed by atoms with Gasteiger partial charge in [-0.1, -0.05) is 6.42 Å². The Bertz CT molecular complexity index is 482. The minimum Gasteiger partial charge on any atom is -0.309 e. The van der Waals surface area contributed by atoms with Crippen LogP contribution in [-0.2, 0) is 19.7 Å². The van der Waals surface area contributed by atoms with Gasteiger partial charge in [0.05, 0.1) is 16.8 Å². The quantitative estimate of drug-likeness (QED) is 0.770. The topological polar surface area (TPSA) is 80.3 Å². The zero-order valence-electron chi connectivity index (χ0n) is 9.92. The van der Waals surface area contributed by atoms with Gasteiger partial charge in [-0.3, -0.25) is 0 Å². The summed E-state index contributed by atoms with van der Waals surface area (Å²) in [7, 11) is -5.94. The first-order valence-corrected chi connectivity index (χ1v) is 9.71. The van der Waals surface area contributed by atoms with Crippen molar-refractivity contribution in [3.63, 3.8) is 0 Å². The minimum absolute atomic E-state index is 0.0626. The van der Waals surface area contributed by atoms with E-state index >= 15 is 0 Å². The minimum atomic E-state index is -3.03. The Labute approximate surface area is 103 Å². The van der Waals surface area contributed by atoms with Crippen molar-refractivity contribution in [3.8, 4) is 0 Å². The Morgan fingerprint density at radius 2 is 1.88 bits per heavy atom. The number of sulfone groups is 2. The van der Waals surface area contributed by atoms with Crippen LogP contribution in [0, 0.1) is 0 Å². The van der Waals surface area contributed by atoms with Gasteiger partial charge in [-0.15, -0.1) is 0 Å².